The van der Waals surface area contributed by atoms with Gasteiger partial charge in [0, 0.05) is 5.56 Å². The lowest BCUT2D eigenvalue weighted by Gasteiger charge is -2.12. The van der Waals surface area contributed by atoms with Crippen LogP contribution in [-0.2, 0) is 9.53 Å². The maximum atomic E-state index is 13.3. The first kappa shape index (κ1) is 15.9. The molecule has 0 heterocycles. The molecule has 1 aromatic rings. The lowest BCUT2D eigenvalue weighted by molar-refractivity contribution is -0.146. The molecule has 1 atom stereocenters. The van der Waals surface area contributed by atoms with Crippen molar-refractivity contribution in [2.45, 2.75) is 26.7 Å². The summed E-state index contributed by atoms with van der Waals surface area (Å²) in [7, 11) is 0. The van der Waals surface area contributed by atoms with Crippen LogP contribution in [0.3, 0.4) is 0 Å². The van der Waals surface area contributed by atoms with E-state index in [1.807, 2.05) is 6.92 Å². The predicted molar refractivity (Wildman–Crippen MR) is 74.6 cm³/mol. The van der Waals surface area contributed by atoms with E-state index in [1.165, 1.54) is 19.1 Å². The van der Waals surface area contributed by atoms with Crippen LogP contribution in [0.4, 0.5) is 15.8 Å². The Morgan fingerprint density at radius 1 is 1.30 bits per heavy atom. The fourth-order valence-electron chi connectivity index (χ4n) is 1.61. The maximum Gasteiger partial charge on any atom is 0.316 e. The number of nitrogen functional groups attached to an aromatic ring is 2. The molecule has 1 rings (SSSR count). The summed E-state index contributed by atoms with van der Waals surface area (Å²) >= 11 is 0. The van der Waals surface area contributed by atoms with Crippen molar-refractivity contribution in [2.24, 2.45) is 5.92 Å². The van der Waals surface area contributed by atoms with Crippen molar-refractivity contribution in [2.75, 3.05) is 18.1 Å². The number of nitrogens with two attached hydrogens (primary N) is 2. The highest BCUT2D eigenvalue weighted by atomic mass is 19.1. The summed E-state index contributed by atoms with van der Waals surface area (Å²) in [6.07, 6.45) is 1.63. The highest BCUT2D eigenvalue weighted by Gasteiger charge is 2.25. The molecule has 0 aliphatic carbocycles. The lowest BCUT2D eigenvalue weighted by Crippen LogP contribution is -2.24. The Morgan fingerprint density at radius 3 is 2.35 bits per heavy atom. The Bertz CT molecular complexity index is 494. The summed E-state index contributed by atoms with van der Waals surface area (Å²) in [5, 5.41) is 0. The number of hydrogen-bond acceptors (Lipinski definition) is 5. The second-order valence-corrected chi connectivity index (χ2v) is 4.58. The lowest BCUT2D eigenvalue weighted by atomic mass is 9.98. The fourth-order valence-corrected chi connectivity index (χ4v) is 1.61. The van der Waals surface area contributed by atoms with E-state index in [2.05, 4.69) is 0 Å². The molecule has 0 radical (unpaired) electrons. The van der Waals surface area contributed by atoms with Crippen LogP contribution < -0.4 is 11.5 Å². The Labute approximate surface area is 117 Å². The molecule has 4 N–H and O–H groups in total. The summed E-state index contributed by atoms with van der Waals surface area (Å²) < 4.78 is 18.3. The van der Waals surface area contributed by atoms with E-state index in [-0.39, 0.29) is 23.5 Å². The number of esters is 1. The van der Waals surface area contributed by atoms with Gasteiger partial charge in [-0.3, -0.25) is 9.59 Å². The number of unbranched alkanes of at least 4 members (excludes halogenated alkanes) is 1. The van der Waals surface area contributed by atoms with Crippen molar-refractivity contribution in [3.05, 3.63) is 23.5 Å². The van der Waals surface area contributed by atoms with Gasteiger partial charge in [-0.15, -0.1) is 0 Å². The molecule has 1 unspecified atom stereocenters. The quantitative estimate of drug-likeness (QED) is 0.274. The molecule has 0 aromatic heterocycles. The number of anilines is 2. The van der Waals surface area contributed by atoms with Crippen LogP contribution in [0.1, 0.15) is 37.0 Å². The van der Waals surface area contributed by atoms with Gasteiger partial charge >= 0.3 is 5.97 Å². The molecule has 6 heteroatoms. The van der Waals surface area contributed by atoms with E-state index in [1.54, 1.807) is 0 Å². The smallest absolute Gasteiger partial charge is 0.316 e. The number of hydrogen-bond donors (Lipinski definition) is 2. The molecular formula is C14H19FN2O3. The van der Waals surface area contributed by atoms with Crippen LogP contribution in [0.5, 0.6) is 0 Å². The highest BCUT2D eigenvalue weighted by Crippen LogP contribution is 2.22. The Balaban J connectivity index is 2.81. The number of ether oxygens (including phenoxy) is 1. The predicted octanol–water partition coefficient (Wildman–Crippen LogP) is 2.15. The first-order valence-electron chi connectivity index (χ1n) is 6.43. The monoisotopic (exact) mass is 282 g/mol. The van der Waals surface area contributed by atoms with Gasteiger partial charge in [-0.2, -0.15) is 0 Å². The molecule has 0 fully saturated rings. The molecule has 0 amide bonds. The third-order valence-corrected chi connectivity index (χ3v) is 2.90. The van der Waals surface area contributed by atoms with Crippen molar-refractivity contribution >= 4 is 23.1 Å². The van der Waals surface area contributed by atoms with Crippen LogP contribution in [0, 0.1) is 11.7 Å². The standard InChI is InChI=1S/C14H19FN2O3/c1-3-4-5-20-14(19)8(2)13(18)9-6-10(16)12(15)11(17)7-9/h6-8H,3-5,16-17H2,1-2H3. The first-order chi connectivity index (χ1) is 9.38. The van der Waals surface area contributed by atoms with Gasteiger partial charge in [0.15, 0.2) is 11.6 Å². The number of benzene rings is 1. The van der Waals surface area contributed by atoms with Gasteiger partial charge < -0.3 is 16.2 Å². The van der Waals surface area contributed by atoms with E-state index in [4.69, 9.17) is 16.2 Å². The third kappa shape index (κ3) is 3.69. The second-order valence-electron chi connectivity index (χ2n) is 4.58. The van der Waals surface area contributed by atoms with Crippen LogP contribution >= 0.6 is 0 Å². The molecular weight excluding hydrogens is 263 g/mol. The summed E-state index contributed by atoms with van der Waals surface area (Å²) in [5.74, 6) is -2.84. The van der Waals surface area contributed by atoms with Gasteiger partial charge in [0.25, 0.3) is 0 Å². The van der Waals surface area contributed by atoms with Gasteiger partial charge in [-0.25, -0.2) is 4.39 Å². The maximum absolute atomic E-state index is 13.3. The average molecular weight is 282 g/mol. The van der Waals surface area contributed by atoms with E-state index < -0.39 is 23.5 Å². The molecule has 1 aromatic carbocycles. The van der Waals surface area contributed by atoms with Crippen LogP contribution in [0.25, 0.3) is 0 Å². The molecule has 20 heavy (non-hydrogen) atoms. The van der Waals surface area contributed by atoms with Gasteiger partial charge in [0.05, 0.1) is 18.0 Å². The van der Waals surface area contributed by atoms with Crippen molar-refractivity contribution in [1.82, 2.24) is 0 Å². The van der Waals surface area contributed by atoms with E-state index in [9.17, 15) is 14.0 Å². The molecule has 0 bridgehead atoms. The zero-order valence-corrected chi connectivity index (χ0v) is 11.6. The molecule has 0 saturated carbocycles. The second kappa shape index (κ2) is 6.88. The highest BCUT2D eigenvalue weighted by molar-refractivity contribution is 6.09. The zero-order chi connectivity index (χ0) is 15.3. The minimum Gasteiger partial charge on any atom is -0.465 e. The molecule has 0 spiro atoms. The minimum atomic E-state index is -0.976. The molecule has 0 aliphatic rings. The number of Topliss-reactive ketones (excluding diaryl/α,β-unsaturated/α-hetero) is 1. The number of halogens is 1. The van der Waals surface area contributed by atoms with Crippen molar-refractivity contribution in [1.29, 1.82) is 0 Å². The van der Waals surface area contributed by atoms with Gasteiger partial charge in [0.2, 0.25) is 0 Å². The number of carbonyl (C=O) groups is 2. The number of ketones is 1. The van der Waals surface area contributed by atoms with Gasteiger partial charge in [-0.05, 0) is 25.5 Å². The van der Waals surface area contributed by atoms with E-state index >= 15 is 0 Å². The summed E-state index contributed by atoms with van der Waals surface area (Å²) in [4.78, 5) is 23.8. The van der Waals surface area contributed by atoms with E-state index in [0.717, 1.165) is 12.8 Å². The van der Waals surface area contributed by atoms with Crippen molar-refractivity contribution in [3.63, 3.8) is 0 Å². The zero-order valence-electron chi connectivity index (χ0n) is 11.6. The summed E-state index contributed by atoms with van der Waals surface area (Å²) in [6.45, 7) is 3.68. The van der Waals surface area contributed by atoms with E-state index in [0.29, 0.717) is 0 Å². The molecule has 110 valence electrons. The van der Waals surface area contributed by atoms with Crippen molar-refractivity contribution in [3.8, 4) is 0 Å². The van der Waals surface area contributed by atoms with Gasteiger partial charge in [0.1, 0.15) is 5.92 Å². The Morgan fingerprint density at radius 2 is 1.85 bits per heavy atom. The summed E-state index contributed by atoms with van der Waals surface area (Å²) in [6, 6.07) is 2.34. The van der Waals surface area contributed by atoms with Crippen LogP contribution in [0.15, 0.2) is 12.1 Å². The average Bonchev–Trinajstić information content (AvgIpc) is 2.42. The fraction of sp³-hybridized carbons (Fsp3) is 0.429. The Hall–Kier alpha value is -2.11. The minimum absolute atomic E-state index is 0.0985. The third-order valence-electron chi connectivity index (χ3n) is 2.90. The van der Waals surface area contributed by atoms with Crippen LogP contribution in [-0.4, -0.2) is 18.4 Å². The largest absolute Gasteiger partial charge is 0.465 e. The molecule has 5 nitrogen and oxygen atoms in total. The van der Waals surface area contributed by atoms with Crippen molar-refractivity contribution < 1.29 is 18.7 Å². The SMILES string of the molecule is CCCCOC(=O)C(C)C(=O)c1cc(N)c(F)c(N)c1. The number of carbonyl (C=O) groups excluding carboxylic acids is 2. The first-order valence-corrected chi connectivity index (χ1v) is 6.43. The molecule has 0 aliphatic heterocycles. The van der Waals surface area contributed by atoms with Gasteiger partial charge in [-0.1, -0.05) is 13.3 Å². The van der Waals surface area contributed by atoms with Crippen LogP contribution in [0.2, 0.25) is 0 Å². The summed E-state index contributed by atoms with van der Waals surface area (Å²) in [5.41, 5.74) is 10.5. The molecule has 0 saturated heterocycles. The number of rotatable bonds is 6. The topological polar surface area (TPSA) is 95.4 Å². The Kier molecular flexibility index (Phi) is 5.49. The normalized spacial score (nSPS) is 11.9.